The molecule has 2 heterocycles. The van der Waals surface area contributed by atoms with Crippen molar-refractivity contribution in [1.29, 1.82) is 0 Å². The fourth-order valence-corrected chi connectivity index (χ4v) is 2.85. The smallest absolute Gasteiger partial charge is 0.274 e. The van der Waals surface area contributed by atoms with E-state index in [1.807, 2.05) is 0 Å². The molecule has 0 aliphatic carbocycles. The van der Waals surface area contributed by atoms with E-state index in [0.29, 0.717) is 36.7 Å². The number of rotatable bonds is 3. The van der Waals surface area contributed by atoms with E-state index in [9.17, 15) is 9.90 Å². The number of carbonyl (C=O) groups is 1. The molecule has 1 aromatic heterocycles. The van der Waals surface area contributed by atoms with Crippen molar-refractivity contribution in [2.24, 2.45) is 0 Å². The lowest BCUT2D eigenvalue weighted by Crippen LogP contribution is -2.45. The minimum Gasteiger partial charge on any atom is -0.436 e. The highest BCUT2D eigenvalue weighted by Crippen LogP contribution is 2.33. The predicted molar refractivity (Wildman–Crippen MR) is 94.3 cm³/mol. The van der Waals surface area contributed by atoms with Crippen molar-refractivity contribution in [2.45, 2.75) is 25.4 Å². The van der Waals surface area contributed by atoms with Crippen molar-refractivity contribution in [3.05, 3.63) is 46.1 Å². The van der Waals surface area contributed by atoms with Crippen LogP contribution in [0.4, 0.5) is 0 Å². The highest BCUT2D eigenvalue weighted by molar-refractivity contribution is 6.42. The zero-order chi connectivity index (χ0) is 18.0. The van der Waals surface area contributed by atoms with Gasteiger partial charge >= 0.3 is 0 Å². The van der Waals surface area contributed by atoms with Crippen LogP contribution in [-0.4, -0.2) is 44.8 Å². The average Bonchev–Trinajstić information content (AvgIpc) is 2.59. The van der Waals surface area contributed by atoms with Crippen LogP contribution in [0.15, 0.2) is 30.3 Å². The number of nitrogens with zero attached hydrogens (tertiary/aromatic N) is 3. The molecule has 25 heavy (non-hydrogen) atoms. The molecule has 3 rings (SSSR count). The van der Waals surface area contributed by atoms with Crippen LogP contribution in [0.1, 0.15) is 30.3 Å². The number of ether oxygens (including phenoxy) is 1. The number of aliphatic hydroxyl groups is 1. The Bertz CT molecular complexity index is 771. The first-order valence-corrected chi connectivity index (χ1v) is 8.58. The Hall–Kier alpha value is -1.89. The van der Waals surface area contributed by atoms with Crippen LogP contribution >= 0.6 is 23.2 Å². The Kier molecular flexibility index (Phi) is 5.13. The van der Waals surface area contributed by atoms with Crippen LogP contribution in [0.25, 0.3) is 0 Å². The van der Waals surface area contributed by atoms with Gasteiger partial charge in [-0.2, -0.15) is 0 Å². The number of likely N-dealkylation sites (tertiary alicyclic amines) is 1. The molecule has 2 aromatic rings. The molecule has 1 fully saturated rings. The Morgan fingerprint density at radius 3 is 2.56 bits per heavy atom. The zero-order valence-corrected chi connectivity index (χ0v) is 15.1. The van der Waals surface area contributed by atoms with Crippen LogP contribution in [0.5, 0.6) is 11.6 Å². The second-order valence-corrected chi connectivity index (χ2v) is 6.99. The predicted octanol–water partition coefficient (Wildman–Crippen LogP) is 3.56. The number of piperidine rings is 1. The first-order valence-electron chi connectivity index (χ1n) is 7.83. The van der Waals surface area contributed by atoms with E-state index in [1.54, 1.807) is 42.2 Å². The minimum atomic E-state index is -0.712. The lowest BCUT2D eigenvalue weighted by atomic mass is 9.94. The highest BCUT2D eigenvalue weighted by Gasteiger charge is 2.30. The third kappa shape index (κ3) is 4.21. The molecule has 1 aromatic carbocycles. The number of carbonyl (C=O) groups excluding carboxylic acids is 1. The molecule has 6 nitrogen and oxygen atoms in total. The number of halogens is 2. The van der Waals surface area contributed by atoms with E-state index in [4.69, 9.17) is 27.9 Å². The zero-order valence-electron chi connectivity index (χ0n) is 13.6. The minimum absolute atomic E-state index is 0.210. The van der Waals surface area contributed by atoms with Gasteiger partial charge in [-0.15, -0.1) is 10.2 Å². The summed E-state index contributed by atoms with van der Waals surface area (Å²) in [5.41, 5.74) is -0.484. The van der Waals surface area contributed by atoms with Gasteiger partial charge in [0.1, 0.15) is 10.8 Å². The van der Waals surface area contributed by atoms with Crippen LogP contribution in [0.3, 0.4) is 0 Å². The molecule has 8 heteroatoms. The third-order valence-electron chi connectivity index (χ3n) is 4.12. The van der Waals surface area contributed by atoms with E-state index in [1.165, 1.54) is 0 Å². The number of amides is 1. The molecule has 0 unspecified atom stereocenters. The maximum atomic E-state index is 12.4. The summed E-state index contributed by atoms with van der Waals surface area (Å²) in [5, 5.41) is 18.5. The molecule has 1 saturated heterocycles. The molecule has 0 radical (unpaired) electrons. The monoisotopic (exact) mass is 381 g/mol. The van der Waals surface area contributed by atoms with Crippen molar-refractivity contribution in [3.8, 4) is 11.6 Å². The van der Waals surface area contributed by atoms with E-state index < -0.39 is 5.60 Å². The van der Waals surface area contributed by atoms with E-state index in [2.05, 4.69) is 10.2 Å². The van der Waals surface area contributed by atoms with Gasteiger partial charge < -0.3 is 14.7 Å². The van der Waals surface area contributed by atoms with Crippen LogP contribution in [-0.2, 0) is 0 Å². The van der Waals surface area contributed by atoms with Crippen molar-refractivity contribution in [2.75, 3.05) is 13.1 Å². The lowest BCUT2D eigenvalue weighted by Gasteiger charge is -2.35. The van der Waals surface area contributed by atoms with E-state index >= 15 is 0 Å². The van der Waals surface area contributed by atoms with Crippen LogP contribution < -0.4 is 4.74 Å². The maximum absolute atomic E-state index is 12.4. The van der Waals surface area contributed by atoms with Gasteiger partial charge in [0.15, 0.2) is 5.69 Å². The summed E-state index contributed by atoms with van der Waals surface area (Å²) in [7, 11) is 0. The SMILES string of the molecule is CC1(O)CCN(C(=O)c2ccc(Oc3cccc(Cl)c3Cl)nn2)CC1. The molecule has 0 saturated carbocycles. The normalized spacial score (nSPS) is 16.6. The van der Waals surface area contributed by atoms with Gasteiger partial charge in [-0.25, -0.2) is 0 Å². The Morgan fingerprint density at radius 2 is 1.92 bits per heavy atom. The lowest BCUT2D eigenvalue weighted by molar-refractivity contribution is -0.00222. The summed E-state index contributed by atoms with van der Waals surface area (Å²) in [4.78, 5) is 14.1. The molecule has 132 valence electrons. The van der Waals surface area contributed by atoms with Crippen molar-refractivity contribution < 1.29 is 14.6 Å². The molecular weight excluding hydrogens is 365 g/mol. The first kappa shape index (κ1) is 17.9. The second-order valence-electron chi connectivity index (χ2n) is 6.20. The number of hydrogen-bond donors (Lipinski definition) is 1. The molecule has 1 amide bonds. The Labute approximate surface area is 155 Å². The van der Waals surface area contributed by atoms with Gasteiger partial charge in [0, 0.05) is 19.2 Å². The molecule has 1 aliphatic rings. The fraction of sp³-hybridized carbons (Fsp3) is 0.353. The standard InChI is InChI=1S/C17H17Cl2N3O3/c1-17(24)7-9-22(10-8-17)16(23)12-5-6-14(21-20-12)25-13-4-2-3-11(18)15(13)19/h2-6,24H,7-10H2,1H3. The molecular formula is C17H17Cl2N3O3. The molecule has 1 aliphatic heterocycles. The van der Waals surface area contributed by atoms with Crippen molar-refractivity contribution in [3.63, 3.8) is 0 Å². The van der Waals surface area contributed by atoms with Crippen LogP contribution in [0, 0.1) is 0 Å². The van der Waals surface area contributed by atoms with Gasteiger partial charge in [0.2, 0.25) is 5.88 Å². The van der Waals surface area contributed by atoms with Gasteiger partial charge in [-0.1, -0.05) is 29.3 Å². The van der Waals surface area contributed by atoms with Crippen molar-refractivity contribution >= 4 is 29.1 Å². The third-order valence-corrected chi connectivity index (χ3v) is 4.92. The summed E-state index contributed by atoms with van der Waals surface area (Å²) in [6, 6.07) is 8.13. The maximum Gasteiger partial charge on any atom is 0.274 e. The second kappa shape index (κ2) is 7.15. The molecule has 0 atom stereocenters. The fourth-order valence-electron chi connectivity index (χ4n) is 2.52. The van der Waals surface area contributed by atoms with Gasteiger partial charge in [-0.05, 0) is 38.0 Å². The highest BCUT2D eigenvalue weighted by atomic mass is 35.5. The quantitative estimate of drug-likeness (QED) is 0.879. The number of aromatic nitrogens is 2. The van der Waals surface area contributed by atoms with Gasteiger partial charge in [0.25, 0.3) is 5.91 Å². The Balaban J connectivity index is 1.68. The topological polar surface area (TPSA) is 75.5 Å². The molecule has 0 spiro atoms. The summed E-state index contributed by atoms with van der Waals surface area (Å²) in [6.45, 7) is 2.76. The summed E-state index contributed by atoms with van der Waals surface area (Å²) in [6.07, 6.45) is 1.08. The summed E-state index contributed by atoms with van der Waals surface area (Å²) < 4.78 is 5.55. The Morgan fingerprint density at radius 1 is 1.20 bits per heavy atom. The largest absolute Gasteiger partial charge is 0.436 e. The van der Waals surface area contributed by atoms with Gasteiger partial charge in [0.05, 0.1) is 10.6 Å². The van der Waals surface area contributed by atoms with Gasteiger partial charge in [-0.3, -0.25) is 4.79 Å². The number of hydrogen-bond acceptors (Lipinski definition) is 5. The molecule has 1 N–H and O–H groups in total. The van der Waals surface area contributed by atoms with E-state index in [-0.39, 0.29) is 22.5 Å². The average molecular weight is 382 g/mol. The molecule has 0 bridgehead atoms. The first-order chi connectivity index (χ1) is 11.9. The van der Waals surface area contributed by atoms with E-state index in [0.717, 1.165) is 0 Å². The number of benzene rings is 1. The summed E-state index contributed by atoms with van der Waals surface area (Å²) >= 11 is 12.0. The summed E-state index contributed by atoms with van der Waals surface area (Å²) in [5.74, 6) is 0.360. The van der Waals surface area contributed by atoms with Crippen LogP contribution in [0.2, 0.25) is 10.0 Å². The van der Waals surface area contributed by atoms with Crippen molar-refractivity contribution in [1.82, 2.24) is 15.1 Å².